The van der Waals surface area contributed by atoms with Gasteiger partial charge >= 0.3 is 5.97 Å². The predicted octanol–water partition coefficient (Wildman–Crippen LogP) is 3.36. The van der Waals surface area contributed by atoms with E-state index >= 15 is 0 Å². The van der Waals surface area contributed by atoms with Crippen LogP contribution in [0.5, 0.6) is 0 Å². The standard InChI is InChI=1S/C15H27NO2/c1-6-16(11-14(17)18-7-2)13-8-9-15(4,5)10-12(13)3/h6-11H2,1-5H3. The molecule has 0 aromatic rings. The van der Waals surface area contributed by atoms with Gasteiger partial charge in [-0.1, -0.05) is 19.4 Å². The second kappa shape index (κ2) is 6.26. The summed E-state index contributed by atoms with van der Waals surface area (Å²) in [6, 6.07) is 0. The number of nitrogens with zero attached hydrogens (tertiary/aromatic N) is 1. The monoisotopic (exact) mass is 253 g/mol. The molecule has 0 amide bonds. The van der Waals surface area contributed by atoms with E-state index < -0.39 is 0 Å². The van der Waals surface area contributed by atoms with Crippen LogP contribution in [0.3, 0.4) is 0 Å². The average Bonchev–Trinajstić information content (AvgIpc) is 2.26. The van der Waals surface area contributed by atoms with Crippen LogP contribution in [-0.2, 0) is 9.53 Å². The summed E-state index contributed by atoms with van der Waals surface area (Å²) in [5.74, 6) is -0.121. The van der Waals surface area contributed by atoms with Crippen molar-refractivity contribution >= 4 is 5.97 Å². The van der Waals surface area contributed by atoms with Crippen LogP contribution in [0.1, 0.15) is 53.9 Å². The average molecular weight is 253 g/mol. The number of likely N-dealkylation sites (N-methyl/N-ethyl adjacent to an activating group) is 1. The Kier molecular flexibility index (Phi) is 5.24. The van der Waals surface area contributed by atoms with Crippen LogP contribution in [0.25, 0.3) is 0 Å². The second-order valence-corrected chi connectivity index (χ2v) is 5.89. The molecule has 0 atom stereocenters. The van der Waals surface area contributed by atoms with Crippen LogP contribution in [0.4, 0.5) is 0 Å². The Morgan fingerprint density at radius 2 is 2.06 bits per heavy atom. The lowest BCUT2D eigenvalue weighted by Crippen LogP contribution is -2.33. The Morgan fingerprint density at radius 1 is 1.39 bits per heavy atom. The Bertz CT molecular complexity index is 331. The second-order valence-electron chi connectivity index (χ2n) is 5.89. The Hall–Kier alpha value is -0.990. The number of carbonyl (C=O) groups is 1. The lowest BCUT2D eigenvalue weighted by atomic mass is 9.76. The molecule has 0 aromatic carbocycles. The van der Waals surface area contributed by atoms with Crippen LogP contribution in [0, 0.1) is 5.41 Å². The van der Waals surface area contributed by atoms with Gasteiger partial charge in [-0.15, -0.1) is 0 Å². The molecule has 0 unspecified atom stereocenters. The minimum absolute atomic E-state index is 0.121. The first-order valence-corrected chi connectivity index (χ1v) is 6.98. The number of hydrogen-bond donors (Lipinski definition) is 0. The quantitative estimate of drug-likeness (QED) is 0.704. The van der Waals surface area contributed by atoms with E-state index in [0.717, 1.165) is 19.4 Å². The third-order valence-corrected chi connectivity index (χ3v) is 3.66. The first-order chi connectivity index (χ1) is 8.39. The summed E-state index contributed by atoms with van der Waals surface area (Å²) in [6.07, 6.45) is 3.40. The zero-order valence-corrected chi connectivity index (χ0v) is 12.5. The van der Waals surface area contributed by atoms with Gasteiger partial charge in [-0.2, -0.15) is 0 Å². The van der Waals surface area contributed by atoms with Crippen LogP contribution in [0.2, 0.25) is 0 Å². The maximum Gasteiger partial charge on any atom is 0.325 e. The van der Waals surface area contributed by atoms with Crippen molar-refractivity contribution in [1.29, 1.82) is 0 Å². The minimum Gasteiger partial charge on any atom is -0.465 e. The van der Waals surface area contributed by atoms with Crippen molar-refractivity contribution in [2.75, 3.05) is 19.7 Å². The highest BCUT2D eigenvalue weighted by molar-refractivity contribution is 5.72. The van der Waals surface area contributed by atoms with Gasteiger partial charge in [0, 0.05) is 12.2 Å². The topological polar surface area (TPSA) is 29.5 Å². The molecule has 104 valence electrons. The third kappa shape index (κ3) is 4.04. The van der Waals surface area contributed by atoms with Crippen molar-refractivity contribution < 1.29 is 9.53 Å². The SMILES string of the molecule is CCOC(=O)CN(CC)C1=C(C)CC(C)(C)CC1. The van der Waals surface area contributed by atoms with E-state index in [1.807, 2.05) is 6.92 Å². The molecule has 0 heterocycles. The fourth-order valence-corrected chi connectivity index (χ4v) is 2.77. The number of esters is 1. The molecule has 0 saturated heterocycles. The Labute approximate surface area is 111 Å². The highest BCUT2D eigenvalue weighted by Gasteiger charge is 2.27. The lowest BCUT2D eigenvalue weighted by Gasteiger charge is -2.36. The maximum atomic E-state index is 11.6. The van der Waals surface area contributed by atoms with Gasteiger partial charge in [0.25, 0.3) is 0 Å². The number of hydrogen-bond acceptors (Lipinski definition) is 3. The van der Waals surface area contributed by atoms with E-state index in [-0.39, 0.29) is 5.97 Å². The third-order valence-electron chi connectivity index (χ3n) is 3.66. The van der Waals surface area contributed by atoms with Gasteiger partial charge < -0.3 is 9.64 Å². The summed E-state index contributed by atoms with van der Waals surface area (Å²) < 4.78 is 5.04. The van der Waals surface area contributed by atoms with Gasteiger partial charge in [-0.3, -0.25) is 4.79 Å². The van der Waals surface area contributed by atoms with Crippen LogP contribution in [0.15, 0.2) is 11.3 Å². The molecule has 0 N–H and O–H groups in total. The van der Waals surface area contributed by atoms with E-state index in [9.17, 15) is 4.79 Å². The minimum atomic E-state index is -0.121. The van der Waals surface area contributed by atoms with Crippen molar-refractivity contribution in [2.45, 2.75) is 53.9 Å². The van der Waals surface area contributed by atoms with Gasteiger partial charge in [-0.25, -0.2) is 0 Å². The van der Waals surface area contributed by atoms with Crippen molar-refractivity contribution in [3.63, 3.8) is 0 Å². The van der Waals surface area contributed by atoms with E-state index in [1.54, 1.807) is 0 Å². The summed E-state index contributed by atoms with van der Waals surface area (Å²) in [5, 5.41) is 0. The highest BCUT2D eigenvalue weighted by Crippen LogP contribution is 2.39. The summed E-state index contributed by atoms with van der Waals surface area (Å²) in [5.41, 5.74) is 3.18. The first-order valence-electron chi connectivity index (χ1n) is 6.98. The fourth-order valence-electron chi connectivity index (χ4n) is 2.77. The van der Waals surface area contributed by atoms with Gasteiger partial charge in [0.1, 0.15) is 6.54 Å². The number of rotatable bonds is 5. The van der Waals surface area contributed by atoms with Crippen LogP contribution >= 0.6 is 0 Å². The molecule has 0 aromatic heterocycles. The van der Waals surface area contributed by atoms with Crippen LogP contribution < -0.4 is 0 Å². The summed E-state index contributed by atoms with van der Waals surface area (Å²) in [6.45, 7) is 12.5. The van der Waals surface area contributed by atoms with E-state index in [2.05, 4.69) is 32.6 Å². The van der Waals surface area contributed by atoms with Crippen molar-refractivity contribution in [3.05, 3.63) is 11.3 Å². The zero-order valence-electron chi connectivity index (χ0n) is 12.5. The smallest absolute Gasteiger partial charge is 0.325 e. The number of allylic oxidation sites excluding steroid dienone is 2. The highest BCUT2D eigenvalue weighted by atomic mass is 16.5. The van der Waals surface area contributed by atoms with E-state index in [4.69, 9.17) is 4.74 Å². The molecular weight excluding hydrogens is 226 g/mol. The molecule has 0 spiro atoms. The summed E-state index contributed by atoms with van der Waals surface area (Å²) >= 11 is 0. The molecule has 1 rings (SSSR count). The van der Waals surface area contributed by atoms with Crippen molar-refractivity contribution in [2.24, 2.45) is 5.41 Å². The summed E-state index contributed by atoms with van der Waals surface area (Å²) in [7, 11) is 0. The molecule has 18 heavy (non-hydrogen) atoms. The van der Waals surface area contributed by atoms with Gasteiger partial charge in [-0.05, 0) is 45.4 Å². The Morgan fingerprint density at radius 3 is 2.56 bits per heavy atom. The predicted molar refractivity (Wildman–Crippen MR) is 74.2 cm³/mol. The van der Waals surface area contributed by atoms with E-state index in [0.29, 0.717) is 18.6 Å². The molecule has 0 saturated carbocycles. The molecule has 0 aliphatic heterocycles. The maximum absolute atomic E-state index is 11.6. The molecule has 3 nitrogen and oxygen atoms in total. The summed E-state index contributed by atoms with van der Waals surface area (Å²) in [4.78, 5) is 13.8. The normalized spacial score (nSPS) is 18.7. The first kappa shape index (κ1) is 15.1. The molecule has 0 radical (unpaired) electrons. The lowest BCUT2D eigenvalue weighted by molar-refractivity contribution is -0.143. The molecular formula is C15H27NO2. The van der Waals surface area contributed by atoms with E-state index in [1.165, 1.54) is 17.7 Å². The fraction of sp³-hybridized carbons (Fsp3) is 0.800. The number of ether oxygens (including phenoxy) is 1. The van der Waals surface area contributed by atoms with Crippen molar-refractivity contribution in [3.8, 4) is 0 Å². The molecule has 0 bridgehead atoms. The molecule has 1 aliphatic carbocycles. The molecule has 0 fully saturated rings. The van der Waals surface area contributed by atoms with Crippen molar-refractivity contribution in [1.82, 2.24) is 4.90 Å². The molecule has 3 heteroatoms. The number of carbonyl (C=O) groups excluding carboxylic acids is 1. The Balaban J connectivity index is 2.73. The molecule has 1 aliphatic rings. The van der Waals surface area contributed by atoms with Crippen LogP contribution in [-0.4, -0.2) is 30.6 Å². The van der Waals surface area contributed by atoms with Gasteiger partial charge in [0.2, 0.25) is 0 Å². The largest absolute Gasteiger partial charge is 0.465 e. The van der Waals surface area contributed by atoms with Gasteiger partial charge in [0.05, 0.1) is 6.61 Å². The zero-order chi connectivity index (χ0) is 13.8. The van der Waals surface area contributed by atoms with Gasteiger partial charge in [0.15, 0.2) is 0 Å².